The summed E-state index contributed by atoms with van der Waals surface area (Å²) in [7, 11) is 0. The third-order valence-electron chi connectivity index (χ3n) is 3.70. The van der Waals surface area contributed by atoms with Crippen LogP contribution in [0.3, 0.4) is 0 Å². The highest BCUT2D eigenvalue weighted by Gasteiger charge is 2.37. The van der Waals surface area contributed by atoms with Crippen molar-refractivity contribution in [3.8, 4) is 5.75 Å². The fourth-order valence-electron chi connectivity index (χ4n) is 2.49. The monoisotopic (exact) mass is 303 g/mol. The average molecular weight is 303 g/mol. The lowest BCUT2D eigenvalue weighted by Crippen LogP contribution is -2.29. The molecule has 1 aliphatic rings. The summed E-state index contributed by atoms with van der Waals surface area (Å²) < 4.78 is 26.2. The van der Waals surface area contributed by atoms with Crippen LogP contribution >= 0.6 is 0 Å². The first kappa shape index (κ1) is 14.2. The van der Waals surface area contributed by atoms with E-state index in [1.165, 1.54) is 18.2 Å². The van der Waals surface area contributed by atoms with Crippen LogP contribution in [0.5, 0.6) is 5.75 Å². The smallest absolute Gasteiger partial charge is 0.262 e. The maximum Gasteiger partial charge on any atom is 0.262 e. The van der Waals surface area contributed by atoms with E-state index in [1.807, 2.05) is 0 Å². The first-order valence-electron chi connectivity index (χ1n) is 6.53. The van der Waals surface area contributed by atoms with Crippen LogP contribution in [0.1, 0.15) is 31.8 Å². The van der Waals surface area contributed by atoms with E-state index in [1.54, 1.807) is 6.92 Å². The fourth-order valence-corrected chi connectivity index (χ4v) is 2.49. The Morgan fingerprint density at radius 2 is 1.77 bits per heavy atom. The number of benzene rings is 2. The quantitative estimate of drug-likeness (QED) is 0.868. The predicted molar refractivity (Wildman–Crippen MR) is 73.4 cm³/mol. The van der Waals surface area contributed by atoms with Crippen molar-refractivity contribution in [1.29, 1.82) is 0 Å². The minimum absolute atomic E-state index is 0.0745. The number of aromatic hydroxyl groups is 1. The highest BCUT2D eigenvalue weighted by Crippen LogP contribution is 2.31. The minimum atomic E-state index is -1.04. The Kier molecular flexibility index (Phi) is 3.16. The predicted octanol–water partition coefficient (Wildman–Crippen LogP) is 2.78. The van der Waals surface area contributed by atoms with Gasteiger partial charge in [0.05, 0.1) is 17.7 Å². The van der Waals surface area contributed by atoms with Gasteiger partial charge in [-0.2, -0.15) is 0 Å². The van der Waals surface area contributed by atoms with Gasteiger partial charge in [-0.15, -0.1) is 0 Å². The average Bonchev–Trinajstić information content (AvgIpc) is 2.72. The molecular formula is C16H11F2NO3. The van der Waals surface area contributed by atoms with Crippen LogP contribution in [0.2, 0.25) is 0 Å². The minimum Gasteiger partial charge on any atom is -0.508 e. The molecule has 112 valence electrons. The van der Waals surface area contributed by atoms with Gasteiger partial charge in [0.25, 0.3) is 11.8 Å². The number of hydrogen-bond donors (Lipinski definition) is 1. The summed E-state index contributed by atoms with van der Waals surface area (Å²) in [6.07, 6.45) is 0. The van der Waals surface area contributed by atoms with E-state index < -0.39 is 23.4 Å². The van der Waals surface area contributed by atoms with Gasteiger partial charge in [0.1, 0.15) is 5.75 Å². The number of amides is 2. The molecule has 1 N–H and O–H groups in total. The topological polar surface area (TPSA) is 57.6 Å². The zero-order chi connectivity index (χ0) is 16.0. The van der Waals surface area contributed by atoms with E-state index in [4.69, 9.17) is 0 Å². The molecule has 1 aliphatic heterocycles. The van der Waals surface area contributed by atoms with E-state index in [2.05, 4.69) is 0 Å². The summed E-state index contributed by atoms with van der Waals surface area (Å²) in [5.74, 6) is -3.18. The molecule has 0 atom stereocenters. The van der Waals surface area contributed by atoms with Crippen LogP contribution in [0.15, 0.2) is 30.3 Å². The van der Waals surface area contributed by atoms with Crippen LogP contribution in [-0.2, 0) is 6.54 Å². The molecule has 6 heteroatoms. The summed E-state index contributed by atoms with van der Waals surface area (Å²) in [4.78, 5) is 25.6. The van der Waals surface area contributed by atoms with Gasteiger partial charge in [-0.25, -0.2) is 8.78 Å². The summed E-state index contributed by atoms with van der Waals surface area (Å²) in [6.45, 7) is 1.38. The SMILES string of the molecule is Cc1c(O)ccc2c1C(=O)N(Cc1ccc(F)c(F)c1)C2=O. The molecule has 0 bridgehead atoms. The van der Waals surface area contributed by atoms with Crippen LogP contribution in [0, 0.1) is 18.6 Å². The molecule has 0 fully saturated rings. The molecule has 2 amide bonds. The molecule has 2 aromatic carbocycles. The molecule has 0 unspecified atom stereocenters. The lowest BCUT2D eigenvalue weighted by Gasteiger charge is -2.14. The lowest BCUT2D eigenvalue weighted by atomic mass is 10.0. The normalized spacial score (nSPS) is 13.7. The van der Waals surface area contributed by atoms with Gasteiger partial charge in [-0.3, -0.25) is 14.5 Å². The van der Waals surface area contributed by atoms with Crippen molar-refractivity contribution in [3.05, 3.63) is 64.2 Å². The molecule has 0 aliphatic carbocycles. The standard InChI is InChI=1S/C16H11F2NO3/c1-8-13(20)5-3-10-14(8)16(22)19(15(10)21)7-9-2-4-11(17)12(18)6-9/h2-6,20H,7H2,1H3. The summed E-state index contributed by atoms with van der Waals surface area (Å²) in [5, 5.41) is 9.66. The van der Waals surface area contributed by atoms with Crippen LogP contribution < -0.4 is 0 Å². The molecule has 2 aromatic rings. The van der Waals surface area contributed by atoms with Gasteiger partial charge in [0.2, 0.25) is 0 Å². The Balaban J connectivity index is 1.97. The maximum atomic E-state index is 13.2. The van der Waals surface area contributed by atoms with E-state index in [9.17, 15) is 23.5 Å². The van der Waals surface area contributed by atoms with Crippen molar-refractivity contribution < 1.29 is 23.5 Å². The number of phenols is 1. The number of rotatable bonds is 2. The first-order chi connectivity index (χ1) is 10.4. The molecule has 0 saturated heterocycles. The van der Waals surface area contributed by atoms with Gasteiger partial charge in [-0.05, 0) is 36.8 Å². The van der Waals surface area contributed by atoms with Gasteiger partial charge >= 0.3 is 0 Å². The second kappa shape index (κ2) is 4.91. The summed E-state index contributed by atoms with van der Waals surface area (Å²) >= 11 is 0. The Hall–Kier alpha value is -2.76. The third-order valence-corrected chi connectivity index (χ3v) is 3.70. The largest absolute Gasteiger partial charge is 0.508 e. The molecule has 4 nitrogen and oxygen atoms in total. The van der Waals surface area contributed by atoms with Gasteiger partial charge < -0.3 is 5.11 Å². The molecule has 3 rings (SSSR count). The van der Waals surface area contributed by atoms with Crippen LogP contribution in [0.4, 0.5) is 8.78 Å². The number of hydrogen-bond acceptors (Lipinski definition) is 3. The summed E-state index contributed by atoms with van der Waals surface area (Å²) in [5.41, 5.74) is 0.967. The van der Waals surface area contributed by atoms with Gasteiger partial charge in [0, 0.05) is 5.56 Å². The number of fused-ring (bicyclic) bond motifs is 1. The van der Waals surface area contributed by atoms with Crippen molar-refractivity contribution in [2.45, 2.75) is 13.5 Å². The molecule has 0 saturated carbocycles. The van der Waals surface area contributed by atoms with Crippen LogP contribution in [0.25, 0.3) is 0 Å². The van der Waals surface area contributed by atoms with E-state index in [0.29, 0.717) is 11.1 Å². The Bertz CT molecular complexity index is 817. The van der Waals surface area contributed by atoms with E-state index in [-0.39, 0.29) is 23.4 Å². The zero-order valence-electron chi connectivity index (χ0n) is 11.6. The third kappa shape index (κ3) is 2.04. The molecular weight excluding hydrogens is 292 g/mol. The zero-order valence-corrected chi connectivity index (χ0v) is 11.6. The number of carbonyl (C=O) groups excluding carboxylic acids is 2. The summed E-state index contributed by atoms with van der Waals surface area (Å²) in [6, 6.07) is 5.93. The first-order valence-corrected chi connectivity index (χ1v) is 6.53. The number of imide groups is 1. The van der Waals surface area contributed by atoms with Gasteiger partial charge in [-0.1, -0.05) is 6.07 Å². The Morgan fingerprint density at radius 1 is 1.05 bits per heavy atom. The molecule has 0 spiro atoms. The van der Waals surface area contributed by atoms with Crippen molar-refractivity contribution >= 4 is 11.8 Å². The second-order valence-corrected chi connectivity index (χ2v) is 5.08. The highest BCUT2D eigenvalue weighted by atomic mass is 19.2. The van der Waals surface area contributed by atoms with Crippen molar-refractivity contribution in [3.63, 3.8) is 0 Å². The maximum absolute atomic E-state index is 13.2. The number of nitrogens with zero attached hydrogens (tertiary/aromatic N) is 1. The molecule has 1 heterocycles. The number of halogens is 2. The van der Waals surface area contributed by atoms with Gasteiger partial charge in [0.15, 0.2) is 11.6 Å². The van der Waals surface area contributed by atoms with E-state index >= 15 is 0 Å². The van der Waals surface area contributed by atoms with Crippen molar-refractivity contribution in [2.24, 2.45) is 0 Å². The second-order valence-electron chi connectivity index (χ2n) is 5.08. The number of carbonyl (C=O) groups is 2. The van der Waals surface area contributed by atoms with Crippen molar-refractivity contribution in [2.75, 3.05) is 0 Å². The molecule has 0 aromatic heterocycles. The Labute approximate surface area is 124 Å². The molecule has 0 radical (unpaired) electrons. The van der Waals surface area contributed by atoms with Crippen LogP contribution in [-0.4, -0.2) is 21.8 Å². The fraction of sp³-hybridized carbons (Fsp3) is 0.125. The van der Waals surface area contributed by atoms with E-state index in [0.717, 1.165) is 17.0 Å². The number of phenolic OH excluding ortho intramolecular Hbond substituents is 1. The molecule has 22 heavy (non-hydrogen) atoms. The lowest BCUT2D eigenvalue weighted by molar-refractivity contribution is 0.0642. The highest BCUT2D eigenvalue weighted by molar-refractivity contribution is 6.22. The Morgan fingerprint density at radius 3 is 2.45 bits per heavy atom. The van der Waals surface area contributed by atoms with Crippen molar-refractivity contribution in [1.82, 2.24) is 4.90 Å².